The van der Waals surface area contributed by atoms with Gasteiger partial charge in [0.05, 0.1) is 35.3 Å². The summed E-state index contributed by atoms with van der Waals surface area (Å²) in [5.41, 5.74) is 8.48. The Labute approximate surface area is 500 Å². The number of unbranched alkanes of at least 4 members (excludes halogenated alkanes) is 2. The van der Waals surface area contributed by atoms with Crippen LogP contribution in [-0.4, -0.2) is 126 Å². The molecule has 2 atom stereocenters. The van der Waals surface area contributed by atoms with Gasteiger partial charge in [0.15, 0.2) is 16.7 Å². The summed E-state index contributed by atoms with van der Waals surface area (Å²) in [4.78, 5) is 107. The average Bonchev–Trinajstić information content (AvgIpc) is 1.78. The van der Waals surface area contributed by atoms with Gasteiger partial charge in [-0.2, -0.15) is 4.31 Å². The summed E-state index contributed by atoms with van der Waals surface area (Å²) >= 11 is 1.48. The van der Waals surface area contributed by atoms with Gasteiger partial charge >= 0.3 is 12.1 Å². The van der Waals surface area contributed by atoms with E-state index in [1.165, 1.54) is 22.3 Å². The fourth-order valence-corrected chi connectivity index (χ4v) is 12.0. The number of hydrogen-bond acceptors (Lipinski definition) is 19. The Hall–Kier alpha value is -7.02. The number of cyclic esters (lactones) is 1. The molecule has 1 amide bonds. The molecule has 456 valence electrons. The summed E-state index contributed by atoms with van der Waals surface area (Å²) in [6, 6.07) is 15.3. The first-order valence-corrected chi connectivity index (χ1v) is 31.9. The maximum Gasteiger partial charge on any atom is 0.510 e. The van der Waals surface area contributed by atoms with Crippen LogP contribution in [0.1, 0.15) is 131 Å². The second kappa shape index (κ2) is 31.4. The van der Waals surface area contributed by atoms with Crippen molar-refractivity contribution >= 4 is 79.8 Å². The van der Waals surface area contributed by atoms with Gasteiger partial charge in [-0.25, -0.2) is 33.0 Å². The Balaban J connectivity index is 0.856. The molecule has 0 spiro atoms. The molecule has 7 rings (SSSR count). The van der Waals surface area contributed by atoms with Crippen molar-refractivity contribution in [1.82, 2.24) is 23.8 Å². The number of sulfonamides is 1. The smallest absolute Gasteiger partial charge is 0.457 e. The maximum absolute atomic E-state index is 14.4. The average molecular weight is 1210 g/mol. The molecule has 5 heterocycles. The first-order chi connectivity index (χ1) is 40.8. The van der Waals surface area contributed by atoms with Crippen molar-refractivity contribution in [2.75, 3.05) is 57.3 Å². The molecule has 5 aromatic rings. The van der Waals surface area contributed by atoms with Crippen LogP contribution in [0.25, 0.3) is 28.4 Å². The van der Waals surface area contributed by atoms with E-state index in [1.54, 1.807) is 54.2 Å². The SMILES string of the molecule is CC[C@@]1(OC(=O)OCc2ccc(NC(=O)[C@H](CCCCN)CC(=O)COCC(=O)CCCOCCCC(=O)CCC/C=C\c3cnc(SC)nc3)cc2)C(=O)OCc2c1cc1n(c2=O)Cc2c-1nc1ccccc1c2CCN(C(C)C)S(C)(=O)=O. The van der Waals surface area contributed by atoms with E-state index >= 15 is 0 Å². The minimum Gasteiger partial charge on any atom is -0.457 e. The number of carbonyl (C=O) groups excluding carboxylic acids is 6. The molecule has 2 aliphatic rings. The number of allylic oxidation sites excluding steroid dienone is 1. The number of thioether (sulfide) groups is 1. The molecular weight excluding hydrogens is 1130 g/mol. The van der Waals surface area contributed by atoms with Crippen molar-refractivity contribution in [3.05, 3.63) is 117 Å². The number of esters is 1. The number of anilines is 1. The lowest BCUT2D eigenvalue weighted by atomic mass is 9.85. The monoisotopic (exact) mass is 1210 g/mol. The van der Waals surface area contributed by atoms with E-state index in [1.807, 2.05) is 56.5 Å². The Morgan fingerprint density at radius 2 is 1.61 bits per heavy atom. The first kappa shape index (κ1) is 65.5. The number of pyridine rings is 2. The molecular formula is C62H77N7O14S2. The van der Waals surface area contributed by atoms with Crippen molar-refractivity contribution in [3.63, 3.8) is 0 Å². The summed E-state index contributed by atoms with van der Waals surface area (Å²) in [5, 5.41) is 4.40. The van der Waals surface area contributed by atoms with Crippen LogP contribution in [0.2, 0.25) is 0 Å². The lowest BCUT2D eigenvalue weighted by Crippen LogP contribution is -2.47. The number of fused-ring (bicyclic) bond motifs is 5. The molecule has 0 saturated carbocycles. The fourth-order valence-electron chi connectivity index (χ4n) is 10.5. The van der Waals surface area contributed by atoms with Gasteiger partial charge in [-0.05, 0) is 113 Å². The Morgan fingerprint density at radius 1 is 0.906 bits per heavy atom. The van der Waals surface area contributed by atoms with Crippen molar-refractivity contribution in [3.8, 4) is 11.4 Å². The largest absolute Gasteiger partial charge is 0.510 e. The highest BCUT2D eigenvalue weighted by Crippen LogP contribution is 2.42. The lowest BCUT2D eigenvalue weighted by molar-refractivity contribution is -0.175. The quantitative estimate of drug-likeness (QED) is 0.0163. The standard InChI is InChI=1S/C62H77N7O14S2/c1-6-62(53-33-55-56-51(36-68(55)58(74)52(53)40-81-59(62)75)49(50-21-10-11-22-54(50)67-56)27-29-69(41(2)3)85(5,77)78)83-61(76)82-37-42-23-25-45(26-24-42)66-57(73)44(17-12-13-28-63)32-48(72)39-80-38-47(71)20-15-31-79-30-14-19-46(70)18-9-7-8-16-43-34-64-60(84-4)65-35-43/h8,10-11,16,21-26,33-35,41,44H,6-7,9,12-15,17-20,27-32,36-40,63H2,1-5H3,(H,66,73)/b16-8-/t44-,62+/m1/s1. The predicted octanol–water partition coefficient (Wildman–Crippen LogP) is 8.42. The van der Waals surface area contributed by atoms with Gasteiger partial charge in [0, 0.05) is 97.6 Å². The van der Waals surface area contributed by atoms with E-state index in [0.717, 1.165) is 40.1 Å². The summed E-state index contributed by atoms with van der Waals surface area (Å²) < 4.78 is 56.5. The minimum absolute atomic E-state index is 0.103. The molecule has 0 aliphatic carbocycles. The van der Waals surface area contributed by atoms with Crippen LogP contribution in [0.4, 0.5) is 10.5 Å². The van der Waals surface area contributed by atoms with Crippen molar-refractivity contribution in [2.24, 2.45) is 11.7 Å². The Kier molecular flexibility index (Phi) is 24.2. The van der Waals surface area contributed by atoms with E-state index in [4.69, 9.17) is 34.4 Å². The summed E-state index contributed by atoms with van der Waals surface area (Å²) in [5.74, 6) is -2.31. The number of carbonyl (C=O) groups is 6. The number of nitrogens with one attached hydrogen (secondary N) is 1. The summed E-state index contributed by atoms with van der Waals surface area (Å²) in [6.07, 6.45) is 14.9. The highest BCUT2D eigenvalue weighted by atomic mass is 32.2. The van der Waals surface area contributed by atoms with Crippen LogP contribution in [0, 0.1) is 5.92 Å². The second-order valence-corrected chi connectivity index (χ2v) is 24.2. The van der Waals surface area contributed by atoms with Crippen LogP contribution >= 0.6 is 11.8 Å². The second-order valence-electron chi connectivity index (χ2n) is 21.5. The van der Waals surface area contributed by atoms with Crippen molar-refractivity contribution in [1.29, 1.82) is 0 Å². The molecule has 2 aromatic carbocycles. The van der Waals surface area contributed by atoms with Crippen LogP contribution in [0.5, 0.6) is 0 Å². The topological polar surface area (TPSA) is 285 Å². The molecule has 2 aliphatic heterocycles. The molecule has 0 radical (unpaired) electrons. The number of aromatic nitrogens is 4. The third kappa shape index (κ3) is 17.8. The van der Waals surface area contributed by atoms with Gasteiger partial charge in [0.1, 0.15) is 32.2 Å². The van der Waals surface area contributed by atoms with Gasteiger partial charge in [0.25, 0.3) is 5.56 Å². The van der Waals surface area contributed by atoms with Crippen LogP contribution in [-0.2, 0) is 89.5 Å². The zero-order valence-corrected chi connectivity index (χ0v) is 50.7. The van der Waals surface area contributed by atoms with Gasteiger partial charge in [-0.15, -0.1) is 0 Å². The van der Waals surface area contributed by atoms with Crippen LogP contribution < -0.4 is 16.6 Å². The number of nitrogens with zero attached hydrogens (tertiary/aromatic N) is 5. The van der Waals surface area contributed by atoms with Crippen LogP contribution in [0.15, 0.2) is 83.0 Å². The number of hydrogen-bond donors (Lipinski definition) is 2. The fraction of sp³-hybridized carbons (Fsp3) is 0.484. The third-order valence-corrected chi connectivity index (χ3v) is 17.0. The summed E-state index contributed by atoms with van der Waals surface area (Å²) in [7, 11) is -3.53. The van der Waals surface area contributed by atoms with Gasteiger partial charge in [-0.3, -0.25) is 24.0 Å². The van der Waals surface area contributed by atoms with Crippen LogP contribution in [0.3, 0.4) is 0 Å². The van der Waals surface area contributed by atoms with Gasteiger partial charge in [-0.1, -0.05) is 67.6 Å². The molecule has 3 aromatic heterocycles. The molecule has 0 unspecified atom stereocenters. The van der Waals surface area contributed by atoms with E-state index in [2.05, 4.69) is 15.3 Å². The Bertz CT molecular complexity index is 3390. The zero-order chi connectivity index (χ0) is 61.1. The third-order valence-electron chi connectivity index (χ3n) is 14.9. The number of ketones is 3. The number of para-hydroxylation sites is 1. The number of nitrogens with two attached hydrogens (primary N) is 1. The summed E-state index contributed by atoms with van der Waals surface area (Å²) in [6.45, 7) is 5.55. The first-order valence-electron chi connectivity index (χ1n) is 28.9. The molecule has 0 bridgehead atoms. The van der Waals surface area contributed by atoms with Gasteiger partial charge in [0.2, 0.25) is 21.5 Å². The highest BCUT2D eigenvalue weighted by molar-refractivity contribution is 7.98. The lowest BCUT2D eigenvalue weighted by Gasteiger charge is -2.35. The predicted molar refractivity (Wildman–Crippen MR) is 322 cm³/mol. The highest BCUT2D eigenvalue weighted by Gasteiger charge is 2.51. The molecule has 0 saturated heterocycles. The Morgan fingerprint density at radius 3 is 2.31 bits per heavy atom. The molecule has 3 N–H and O–H groups in total. The van der Waals surface area contributed by atoms with E-state index in [9.17, 15) is 42.0 Å². The number of rotatable bonds is 35. The van der Waals surface area contributed by atoms with Gasteiger partial charge < -0.3 is 39.3 Å². The molecule has 23 heteroatoms. The molecule has 85 heavy (non-hydrogen) atoms. The van der Waals surface area contributed by atoms with Crippen molar-refractivity contribution in [2.45, 2.75) is 141 Å². The molecule has 0 fully saturated rings. The zero-order valence-electron chi connectivity index (χ0n) is 49.1. The molecule has 21 nitrogen and oxygen atoms in total. The minimum atomic E-state index is -3.53. The number of benzene rings is 2. The van der Waals surface area contributed by atoms with E-state index in [0.29, 0.717) is 99.3 Å². The van der Waals surface area contributed by atoms with E-state index < -0.39 is 45.1 Å². The number of Topliss-reactive ketones (excluding diaryl/α,β-unsaturated/α-hetero) is 3. The van der Waals surface area contributed by atoms with E-state index in [-0.39, 0.29) is 93.3 Å². The number of amides is 1. The number of ether oxygens (including phenoxy) is 5. The van der Waals surface area contributed by atoms with Crippen molar-refractivity contribution < 1.29 is 60.9 Å². The normalized spacial score (nSPS) is 14.9. The maximum atomic E-state index is 14.4.